The van der Waals surface area contributed by atoms with Crippen LogP contribution >= 0.6 is 23.2 Å². The third-order valence-corrected chi connectivity index (χ3v) is 15.3. The fraction of sp³-hybridized carbons (Fsp3) is 0.244. The number of ether oxygens (including phenoxy) is 4. The molecule has 0 aliphatic heterocycles. The maximum absolute atomic E-state index is 14.4. The number of pyridine rings is 1. The van der Waals surface area contributed by atoms with Gasteiger partial charge in [0, 0.05) is 34.0 Å². The average Bonchev–Trinajstić information content (AvgIpc) is 4.14. The number of methoxy groups -OCH3 is 4. The minimum atomic E-state index is -4.11. The minimum Gasteiger partial charge on any atom is -0.497 e. The first-order valence-corrected chi connectivity index (χ1v) is 21.1. The number of ketones is 2. The third kappa shape index (κ3) is 7.02. The normalized spacial score (nSPS) is 21.5. The van der Waals surface area contributed by atoms with Crippen molar-refractivity contribution in [2.75, 3.05) is 28.4 Å². The summed E-state index contributed by atoms with van der Waals surface area (Å²) in [6.45, 7) is 0. The van der Waals surface area contributed by atoms with Crippen molar-refractivity contribution in [2.45, 2.75) is 32.1 Å². The van der Waals surface area contributed by atoms with Gasteiger partial charge < -0.3 is 18.9 Å². The second-order valence-electron chi connectivity index (χ2n) is 13.4. The van der Waals surface area contributed by atoms with Crippen LogP contribution < -0.4 is 18.9 Å². The van der Waals surface area contributed by atoms with Gasteiger partial charge in [-0.2, -0.15) is 0 Å². The molecule has 6 unspecified atom stereocenters. The highest BCUT2D eigenvalue weighted by molar-refractivity contribution is 7.92. The lowest BCUT2D eigenvalue weighted by atomic mass is 10.0. The molecule has 7 rings (SSSR count). The smallest absolute Gasteiger partial charge is 0.186 e. The van der Waals surface area contributed by atoms with Crippen molar-refractivity contribution in [1.82, 2.24) is 4.98 Å². The minimum absolute atomic E-state index is 0.0155. The number of Topliss-reactive ketones (excluding diaryl/α,β-unsaturated/α-hetero) is 2. The second-order valence-corrected chi connectivity index (χ2v) is 18.5. The summed E-state index contributed by atoms with van der Waals surface area (Å²) < 4.78 is 78.4. The van der Waals surface area contributed by atoms with Crippen LogP contribution in [0.5, 0.6) is 23.0 Å². The van der Waals surface area contributed by atoms with Gasteiger partial charge in [0.2, 0.25) is 0 Å². The van der Waals surface area contributed by atoms with E-state index in [0.29, 0.717) is 44.2 Å². The second kappa shape index (κ2) is 15.2. The summed E-state index contributed by atoms with van der Waals surface area (Å²) in [5, 5.41) is -1.72. The first kappa shape index (κ1) is 39.3. The van der Waals surface area contributed by atoms with Crippen LogP contribution in [0.3, 0.4) is 0 Å². The van der Waals surface area contributed by atoms with E-state index >= 15 is 0 Å². The fourth-order valence-electron chi connectivity index (χ4n) is 7.50. The molecule has 1 aromatic heterocycles. The molecule has 290 valence electrons. The molecule has 2 saturated carbocycles. The number of aromatic nitrogens is 1. The van der Waals surface area contributed by atoms with Crippen LogP contribution in [0.1, 0.15) is 43.9 Å². The van der Waals surface area contributed by atoms with E-state index in [9.17, 15) is 26.4 Å². The SMILES string of the molecule is COc1ccc(C2C(C(=O)c3cccc(C(=O)C4C(c5ccc(OC)cc5OC)C4S(=O)(=O)c4ccc(Cl)cc4)n3)C2S(=O)(=O)c2ccc(Cl)cc2)c(OC)c1. The van der Waals surface area contributed by atoms with Gasteiger partial charge in [-0.25, -0.2) is 21.8 Å². The van der Waals surface area contributed by atoms with E-state index in [1.807, 2.05) is 0 Å². The zero-order chi connectivity index (χ0) is 40.1. The standard InChI is InChI=1S/C41H35Cl2NO10S2/c1-51-24-12-18-28(32(20-24)53-3)34-36(40(34)55(47,48)26-14-8-22(42)9-15-26)38(45)30-6-5-7-31(44-30)39(46)37-35(29-19-13-25(52-2)21-33(29)54-4)41(37)56(49,50)27-16-10-23(43)11-17-27/h5-21,34-37,40-41H,1-4H3. The molecule has 0 saturated heterocycles. The van der Waals surface area contributed by atoms with Crippen molar-refractivity contribution in [3.63, 3.8) is 0 Å². The fourth-order valence-corrected chi connectivity index (χ4v) is 12.0. The van der Waals surface area contributed by atoms with Crippen molar-refractivity contribution in [1.29, 1.82) is 0 Å². The predicted octanol–water partition coefficient (Wildman–Crippen LogP) is 7.30. The molecule has 15 heteroatoms. The molecule has 1 heterocycles. The number of nitrogens with zero attached hydrogens (tertiary/aromatic N) is 1. The topological polar surface area (TPSA) is 152 Å². The summed E-state index contributed by atoms with van der Waals surface area (Å²) in [7, 11) is -2.39. The number of rotatable bonds is 14. The van der Waals surface area contributed by atoms with Gasteiger partial charge in [0.05, 0.1) is 60.6 Å². The molecule has 0 radical (unpaired) electrons. The van der Waals surface area contributed by atoms with Crippen LogP contribution in [-0.4, -0.2) is 72.3 Å². The lowest BCUT2D eigenvalue weighted by Gasteiger charge is -2.11. The summed E-state index contributed by atoms with van der Waals surface area (Å²) in [4.78, 5) is 33.3. The number of carbonyl (C=O) groups excluding carboxylic acids is 2. The Bertz CT molecular complexity index is 2390. The molecule has 11 nitrogen and oxygen atoms in total. The number of hydrogen-bond acceptors (Lipinski definition) is 11. The highest BCUT2D eigenvalue weighted by Gasteiger charge is 2.65. The van der Waals surface area contributed by atoms with Gasteiger partial charge >= 0.3 is 0 Å². The van der Waals surface area contributed by atoms with E-state index in [4.69, 9.17) is 42.1 Å². The molecule has 2 aliphatic rings. The lowest BCUT2D eigenvalue weighted by molar-refractivity contribution is 0.0955. The van der Waals surface area contributed by atoms with Gasteiger partial charge in [0.25, 0.3) is 0 Å². The van der Waals surface area contributed by atoms with Crippen LogP contribution in [0.2, 0.25) is 10.0 Å². The monoisotopic (exact) mass is 835 g/mol. The Morgan fingerprint density at radius 3 is 1.25 bits per heavy atom. The quantitative estimate of drug-likeness (QED) is 0.104. The van der Waals surface area contributed by atoms with Gasteiger partial charge in [0.15, 0.2) is 31.2 Å². The number of halogens is 2. The van der Waals surface area contributed by atoms with Crippen molar-refractivity contribution in [3.05, 3.63) is 136 Å². The van der Waals surface area contributed by atoms with E-state index < -0.39 is 65.4 Å². The molecular formula is C41H35Cl2NO10S2. The Morgan fingerprint density at radius 2 is 0.911 bits per heavy atom. The number of carbonyl (C=O) groups is 2. The molecule has 2 aliphatic carbocycles. The van der Waals surface area contributed by atoms with Crippen molar-refractivity contribution >= 4 is 54.4 Å². The number of sulfone groups is 2. The van der Waals surface area contributed by atoms with Crippen molar-refractivity contribution in [2.24, 2.45) is 11.8 Å². The zero-order valence-electron chi connectivity index (χ0n) is 30.4. The molecule has 2 fully saturated rings. The molecule has 0 amide bonds. The Hall–Kier alpha value is -4.95. The van der Waals surface area contributed by atoms with Crippen molar-refractivity contribution < 1.29 is 45.4 Å². The van der Waals surface area contributed by atoms with Crippen LogP contribution in [-0.2, 0) is 19.7 Å². The molecule has 6 atom stereocenters. The largest absolute Gasteiger partial charge is 0.497 e. The van der Waals surface area contributed by atoms with E-state index in [0.717, 1.165) is 0 Å². The maximum atomic E-state index is 14.4. The van der Waals surface area contributed by atoms with Crippen LogP contribution in [0, 0.1) is 11.8 Å². The highest BCUT2D eigenvalue weighted by atomic mass is 35.5. The number of benzene rings is 4. The Morgan fingerprint density at radius 1 is 0.536 bits per heavy atom. The van der Waals surface area contributed by atoms with Gasteiger partial charge in [-0.1, -0.05) is 41.4 Å². The third-order valence-electron chi connectivity index (χ3n) is 10.4. The van der Waals surface area contributed by atoms with E-state index in [1.165, 1.54) is 95.2 Å². The molecule has 0 bridgehead atoms. The van der Waals surface area contributed by atoms with Crippen molar-refractivity contribution in [3.8, 4) is 23.0 Å². The summed E-state index contributed by atoms with van der Waals surface area (Å²) in [5.74, 6) is -3.50. The Kier molecular flexibility index (Phi) is 10.7. The summed E-state index contributed by atoms with van der Waals surface area (Å²) in [5.41, 5.74) is 0.656. The molecule has 0 N–H and O–H groups in total. The number of hydrogen-bond donors (Lipinski definition) is 0. The van der Waals surface area contributed by atoms with Crippen LogP contribution in [0.25, 0.3) is 0 Å². The molecule has 4 aromatic carbocycles. The van der Waals surface area contributed by atoms with E-state index in [1.54, 1.807) is 36.4 Å². The van der Waals surface area contributed by atoms with Crippen LogP contribution in [0.4, 0.5) is 0 Å². The van der Waals surface area contributed by atoms with Gasteiger partial charge in [0.1, 0.15) is 34.4 Å². The van der Waals surface area contributed by atoms with Gasteiger partial charge in [-0.3, -0.25) is 9.59 Å². The predicted molar refractivity (Wildman–Crippen MR) is 209 cm³/mol. The zero-order valence-corrected chi connectivity index (χ0v) is 33.5. The molecule has 0 spiro atoms. The van der Waals surface area contributed by atoms with Crippen LogP contribution in [0.15, 0.2) is 113 Å². The highest BCUT2D eigenvalue weighted by Crippen LogP contribution is 2.59. The lowest BCUT2D eigenvalue weighted by Crippen LogP contribution is -2.17. The van der Waals surface area contributed by atoms with Gasteiger partial charge in [-0.05, 0) is 83.9 Å². The molecule has 5 aromatic rings. The first-order chi connectivity index (χ1) is 26.8. The Labute approximate surface area is 334 Å². The van der Waals surface area contributed by atoms with Gasteiger partial charge in [-0.15, -0.1) is 0 Å². The van der Waals surface area contributed by atoms with E-state index in [-0.39, 0.29) is 21.2 Å². The summed E-state index contributed by atoms with van der Waals surface area (Å²) in [6, 6.07) is 25.5. The van der Waals surface area contributed by atoms with E-state index in [2.05, 4.69) is 4.98 Å². The average molecular weight is 837 g/mol. The molecule has 56 heavy (non-hydrogen) atoms. The summed E-state index contributed by atoms with van der Waals surface area (Å²) >= 11 is 12.1. The maximum Gasteiger partial charge on any atom is 0.186 e. The summed E-state index contributed by atoms with van der Waals surface area (Å²) in [6.07, 6.45) is 0. The molecular weight excluding hydrogens is 801 g/mol. The Balaban J connectivity index is 1.26. The first-order valence-electron chi connectivity index (χ1n) is 17.2.